The van der Waals surface area contributed by atoms with E-state index in [2.05, 4.69) is 0 Å². The van der Waals surface area contributed by atoms with Crippen LogP contribution in [0.25, 0.3) is 0 Å². The van der Waals surface area contributed by atoms with E-state index in [0.717, 1.165) is 17.5 Å². The Kier molecular flexibility index (Phi) is 2.44. The van der Waals surface area contributed by atoms with E-state index in [-0.39, 0.29) is 4.90 Å². The van der Waals surface area contributed by atoms with Gasteiger partial charge in [0.15, 0.2) is 0 Å². The maximum atomic E-state index is 11.1. The number of hydrogen-bond acceptors (Lipinski definition) is 3. The van der Waals surface area contributed by atoms with Crippen LogP contribution in [0.15, 0.2) is 23.1 Å². The SMILES string of the molecule is O=CN1Cc2ccc(S(=O)(=O)Cl)cc2C1. The van der Waals surface area contributed by atoms with E-state index >= 15 is 0 Å². The number of hydrogen-bond donors (Lipinski definition) is 0. The van der Waals surface area contributed by atoms with Gasteiger partial charge in [0.25, 0.3) is 9.05 Å². The van der Waals surface area contributed by atoms with Crippen molar-refractivity contribution < 1.29 is 13.2 Å². The zero-order valence-electron chi connectivity index (χ0n) is 7.68. The van der Waals surface area contributed by atoms with Crippen molar-refractivity contribution in [1.29, 1.82) is 0 Å². The summed E-state index contributed by atoms with van der Waals surface area (Å²) in [4.78, 5) is 12.2. The second-order valence-corrected chi connectivity index (χ2v) is 5.94. The molecule has 0 fully saturated rings. The van der Waals surface area contributed by atoms with Crippen molar-refractivity contribution in [2.45, 2.75) is 18.0 Å². The summed E-state index contributed by atoms with van der Waals surface area (Å²) in [5.74, 6) is 0. The number of fused-ring (bicyclic) bond motifs is 1. The first-order chi connectivity index (χ1) is 7.00. The third-order valence-corrected chi connectivity index (χ3v) is 3.71. The molecule has 1 amide bonds. The average molecular weight is 246 g/mol. The Morgan fingerprint density at radius 3 is 2.53 bits per heavy atom. The van der Waals surface area contributed by atoms with Gasteiger partial charge in [0.05, 0.1) is 4.90 Å². The molecule has 1 aliphatic rings. The molecule has 1 aromatic carbocycles. The van der Waals surface area contributed by atoms with Crippen LogP contribution in [0.4, 0.5) is 0 Å². The molecular formula is C9H8ClNO3S. The normalized spacial score (nSPS) is 15.1. The lowest BCUT2D eigenvalue weighted by molar-refractivity contribution is -0.118. The van der Waals surface area contributed by atoms with Crippen molar-refractivity contribution in [2.75, 3.05) is 0 Å². The molecule has 0 bridgehead atoms. The molecule has 0 saturated heterocycles. The van der Waals surface area contributed by atoms with Crippen LogP contribution in [0.5, 0.6) is 0 Å². The molecule has 0 radical (unpaired) electrons. The third kappa shape index (κ3) is 1.98. The van der Waals surface area contributed by atoms with Crippen molar-refractivity contribution in [3.63, 3.8) is 0 Å². The van der Waals surface area contributed by atoms with Gasteiger partial charge in [-0.05, 0) is 23.3 Å². The molecule has 6 heteroatoms. The summed E-state index contributed by atoms with van der Waals surface area (Å²) in [6, 6.07) is 4.66. The minimum atomic E-state index is -3.68. The highest BCUT2D eigenvalue weighted by molar-refractivity contribution is 8.13. The van der Waals surface area contributed by atoms with E-state index in [1.165, 1.54) is 12.1 Å². The van der Waals surface area contributed by atoms with Crippen LogP contribution in [0.1, 0.15) is 11.1 Å². The molecule has 0 unspecified atom stereocenters. The summed E-state index contributed by atoms with van der Waals surface area (Å²) >= 11 is 0. The molecule has 2 rings (SSSR count). The number of halogens is 1. The van der Waals surface area contributed by atoms with Gasteiger partial charge >= 0.3 is 0 Å². The number of benzene rings is 1. The lowest BCUT2D eigenvalue weighted by Gasteiger charge is -2.04. The fourth-order valence-corrected chi connectivity index (χ4v) is 2.42. The Balaban J connectivity index is 2.43. The minimum absolute atomic E-state index is 0.0793. The topological polar surface area (TPSA) is 54.5 Å². The molecular weight excluding hydrogens is 238 g/mol. The Morgan fingerprint density at radius 2 is 1.93 bits per heavy atom. The van der Waals surface area contributed by atoms with Gasteiger partial charge in [0.1, 0.15) is 0 Å². The van der Waals surface area contributed by atoms with Crippen molar-refractivity contribution in [1.82, 2.24) is 4.90 Å². The van der Waals surface area contributed by atoms with Crippen molar-refractivity contribution >= 4 is 26.1 Å². The molecule has 1 aromatic rings. The molecule has 1 heterocycles. The Labute approximate surface area is 91.9 Å². The van der Waals surface area contributed by atoms with Gasteiger partial charge in [-0.25, -0.2) is 8.42 Å². The second-order valence-electron chi connectivity index (χ2n) is 3.38. The molecule has 4 nitrogen and oxygen atoms in total. The van der Waals surface area contributed by atoms with Crippen LogP contribution >= 0.6 is 10.7 Å². The highest BCUT2D eigenvalue weighted by Crippen LogP contribution is 2.25. The van der Waals surface area contributed by atoms with E-state index in [0.29, 0.717) is 13.1 Å². The van der Waals surface area contributed by atoms with Crippen LogP contribution in [-0.2, 0) is 26.9 Å². The predicted octanol–water partition coefficient (Wildman–Crippen LogP) is 1.09. The number of rotatable bonds is 2. The first kappa shape index (κ1) is 10.4. The zero-order valence-corrected chi connectivity index (χ0v) is 9.25. The first-order valence-electron chi connectivity index (χ1n) is 4.26. The van der Waals surface area contributed by atoms with Crippen molar-refractivity contribution in [3.8, 4) is 0 Å². The van der Waals surface area contributed by atoms with Crippen LogP contribution in [-0.4, -0.2) is 19.7 Å². The molecule has 15 heavy (non-hydrogen) atoms. The van der Waals surface area contributed by atoms with Gasteiger partial charge in [-0.1, -0.05) is 6.07 Å². The second kappa shape index (κ2) is 3.50. The molecule has 0 aliphatic carbocycles. The van der Waals surface area contributed by atoms with Gasteiger partial charge in [0, 0.05) is 23.8 Å². The van der Waals surface area contributed by atoms with Crippen molar-refractivity contribution in [3.05, 3.63) is 29.3 Å². The molecule has 0 aromatic heterocycles. The maximum Gasteiger partial charge on any atom is 0.261 e. The van der Waals surface area contributed by atoms with Crippen molar-refractivity contribution in [2.24, 2.45) is 0 Å². The Hall–Kier alpha value is -1.07. The van der Waals surface area contributed by atoms with Gasteiger partial charge in [-0.15, -0.1) is 0 Å². The lowest BCUT2D eigenvalue weighted by Crippen LogP contribution is -2.12. The molecule has 80 valence electrons. The summed E-state index contributed by atoms with van der Waals surface area (Å²) < 4.78 is 22.1. The van der Waals surface area contributed by atoms with Crippen LogP contribution in [0.2, 0.25) is 0 Å². The standard InChI is InChI=1S/C9H8ClNO3S/c10-15(13,14)9-2-1-7-4-11(6-12)5-8(7)3-9/h1-3,6H,4-5H2. The summed E-state index contributed by atoms with van der Waals surface area (Å²) in [6.07, 6.45) is 0.745. The Bertz CT molecular complexity index is 512. The predicted molar refractivity (Wildman–Crippen MR) is 54.8 cm³/mol. The quantitative estimate of drug-likeness (QED) is 0.579. The summed E-state index contributed by atoms with van der Waals surface area (Å²) in [5, 5.41) is 0. The van der Waals surface area contributed by atoms with Gasteiger partial charge in [-0.3, -0.25) is 4.79 Å². The fourth-order valence-electron chi connectivity index (χ4n) is 1.62. The summed E-state index contributed by atoms with van der Waals surface area (Å²) in [7, 11) is 1.54. The zero-order chi connectivity index (χ0) is 11.1. The van der Waals surface area contributed by atoms with E-state index in [1.54, 1.807) is 11.0 Å². The Morgan fingerprint density at radius 1 is 1.27 bits per heavy atom. The fraction of sp³-hybridized carbons (Fsp3) is 0.222. The van der Waals surface area contributed by atoms with Crippen LogP contribution < -0.4 is 0 Å². The lowest BCUT2D eigenvalue weighted by atomic mass is 10.1. The average Bonchev–Trinajstić information content (AvgIpc) is 2.57. The van der Waals surface area contributed by atoms with Gasteiger partial charge in [-0.2, -0.15) is 0 Å². The summed E-state index contributed by atoms with van der Waals surface area (Å²) in [6.45, 7) is 0.973. The largest absolute Gasteiger partial charge is 0.337 e. The first-order valence-corrected chi connectivity index (χ1v) is 6.57. The molecule has 0 atom stereocenters. The molecule has 1 aliphatic heterocycles. The highest BCUT2D eigenvalue weighted by atomic mass is 35.7. The monoisotopic (exact) mass is 245 g/mol. The maximum absolute atomic E-state index is 11.1. The van der Waals surface area contributed by atoms with E-state index in [9.17, 15) is 13.2 Å². The number of amides is 1. The van der Waals surface area contributed by atoms with E-state index < -0.39 is 9.05 Å². The van der Waals surface area contributed by atoms with Crippen LogP contribution in [0.3, 0.4) is 0 Å². The number of carbonyl (C=O) groups is 1. The molecule has 0 saturated carbocycles. The van der Waals surface area contributed by atoms with Gasteiger partial charge < -0.3 is 4.90 Å². The summed E-state index contributed by atoms with van der Waals surface area (Å²) in [5.41, 5.74) is 1.80. The third-order valence-electron chi connectivity index (χ3n) is 2.36. The smallest absolute Gasteiger partial charge is 0.261 e. The van der Waals surface area contributed by atoms with Gasteiger partial charge in [0.2, 0.25) is 6.41 Å². The highest BCUT2D eigenvalue weighted by Gasteiger charge is 2.20. The van der Waals surface area contributed by atoms with E-state index in [1.807, 2.05) is 0 Å². The molecule has 0 N–H and O–H groups in total. The minimum Gasteiger partial charge on any atom is -0.337 e. The number of carbonyl (C=O) groups excluding carboxylic acids is 1. The number of nitrogens with zero attached hydrogens (tertiary/aromatic N) is 1. The molecule has 0 spiro atoms. The van der Waals surface area contributed by atoms with Crippen LogP contribution in [0, 0.1) is 0 Å². The van der Waals surface area contributed by atoms with E-state index in [4.69, 9.17) is 10.7 Å².